The van der Waals surface area contributed by atoms with Gasteiger partial charge < -0.3 is 21.1 Å². The second-order valence-corrected chi connectivity index (χ2v) is 16.7. The molecule has 8 nitrogen and oxygen atoms in total. The first-order valence-corrected chi connectivity index (χ1v) is 24.6. The number of unbranched alkanes of at least 4 members (excludes halogenated alkanes) is 20. The van der Waals surface area contributed by atoms with Crippen LogP contribution in [-0.4, -0.2) is 47.8 Å². The number of carbonyl (C=O) groups excluding carboxylic acids is 1. The lowest BCUT2D eigenvalue weighted by molar-refractivity contribution is -0.123. The number of carbonyl (C=O) groups is 1. The van der Waals surface area contributed by atoms with E-state index in [9.17, 15) is 19.4 Å². The third-order valence-electron chi connectivity index (χ3n) is 9.74. The van der Waals surface area contributed by atoms with E-state index < -0.39 is 20.0 Å². The smallest absolute Gasteiger partial charge is 0.387 e. The average Bonchev–Trinajstić information content (AvgIpc) is 3.20. The Kier molecular flexibility index (Phi) is 41.9. The maximum atomic E-state index is 12.8. The van der Waals surface area contributed by atoms with E-state index in [1.165, 1.54) is 96.3 Å². The van der Waals surface area contributed by atoms with Gasteiger partial charge in [0.05, 0.1) is 25.4 Å². The van der Waals surface area contributed by atoms with E-state index in [1.807, 2.05) is 6.08 Å². The van der Waals surface area contributed by atoms with Crippen molar-refractivity contribution >= 4 is 13.7 Å². The highest BCUT2D eigenvalue weighted by Crippen LogP contribution is 2.43. The van der Waals surface area contributed by atoms with Gasteiger partial charge in [0.2, 0.25) is 5.91 Å². The number of aliphatic hydroxyl groups excluding tert-OH is 1. The molecule has 330 valence electrons. The van der Waals surface area contributed by atoms with E-state index in [4.69, 9.17) is 14.8 Å². The van der Waals surface area contributed by atoms with E-state index in [0.29, 0.717) is 6.42 Å². The predicted octanol–water partition coefficient (Wildman–Crippen LogP) is 13.2. The zero-order valence-electron chi connectivity index (χ0n) is 36.6. The highest BCUT2D eigenvalue weighted by molar-refractivity contribution is 7.47. The molecule has 0 saturated carbocycles. The summed E-state index contributed by atoms with van der Waals surface area (Å²) >= 11 is 0. The third-order valence-corrected chi connectivity index (χ3v) is 10.7. The molecule has 5 N–H and O–H groups in total. The number of amides is 1. The molecule has 0 spiro atoms. The van der Waals surface area contributed by atoms with E-state index in [2.05, 4.69) is 79.9 Å². The molecule has 0 aromatic heterocycles. The molecular weight excluding hydrogens is 732 g/mol. The molecular formula is C48H87N2O6P. The summed E-state index contributed by atoms with van der Waals surface area (Å²) in [7, 11) is -4.36. The quantitative estimate of drug-likeness (QED) is 0.0274. The molecule has 3 unspecified atom stereocenters. The average molecular weight is 819 g/mol. The van der Waals surface area contributed by atoms with Crippen molar-refractivity contribution in [1.29, 1.82) is 0 Å². The maximum Gasteiger partial charge on any atom is 0.472 e. The molecule has 1 amide bonds. The van der Waals surface area contributed by atoms with Crippen LogP contribution in [0.1, 0.15) is 194 Å². The summed E-state index contributed by atoms with van der Waals surface area (Å²) in [6.45, 7) is 3.98. The molecule has 0 fully saturated rings. The van der Waals surface area contributed by atoms with Crippen molar-refractivity contribution in [1.82, 2.24) is 5.32 Å². The van der Waals surface area contributed by atoms with Crippen molar-refractivity contribution in [3.05, 3.63) is 72.9 Å². The number of rotatable bonds is 42. The summed E-state index contributed by atoms with van der Waals surface area (Å²) < 4.78 is 22.1. The summed E-state index contributed by atoms with van der Waals surface area (Å²) in [5, 5.41) is 13.7. The molecule has 0 heterocycles. The molecule has 0 bridgehead atoms. The number of aliphatic hydroxyl groups is 1. The van der Waals surface area contributed by atoms with Gasteiger partial charge in [0.25, 0.3) is 0 Å². The molecule has 0 aliphatic rings. The zero-order valence-corrected chi connectivity index (χ0v) is 37.4. The van der Waals surface area contributed by atoms with Gasteiger partial charge in [-0.05, 0) is 77.0 Å². The van der Waals surface area contributed by atoms with Gasteiger partial charge in [-0.3, -0.25) is 13.8 Å². The second kappa shape index (κ2) is 43.5. The first kappa shape index (κ1) is 54.9. The van der Waals surface area contributed by atoms with Crippen molar-refractivity contribution in [2.24, 2.45) is 5.73 Å². The highest BCUT2D eigenvalue weighted by Gasteiger charge is 2.26. The molecule has 57 heavy (non-hydrogen) atoms. The van der Waals surface area contributed by atoms with Gasteiger partial charge in [0.1, 0.15) is 0 Å². The zero-order chi connectivity index (χ0) is 41.8. The van der Waals surface area contributed by atoms with Crippen molar-refractivity contribution in [3.63, 3.8) is 0 Å². The molecule has 0 aromatic carbocycles. The Morgan fingerprint density at radius 1 is 0.596 bits per heavy atom. The summed E-state index contributed by atoms with van der Waals surface area (Å²) in [5.74, 6) is -0.221. The second-order valence-electron chi connectivity index (χ2n) is 15.2. The van der Waals surface area contributed by atoms with Crippen LogP contribution < -0.4 is 11.1 Å². The minimum absolute atomic E-state index is 0.0667. The lowest BCUT2D eigenvalue weighted by Crippen LogP contribution is -2.45. The van der Waals surface area contributed by atoms with Crippen LogP contribution in [0, 0.1) is 0 Å². The largest absolute Gasteiger partial charge is 0.472 e. The monoisotopic (exact) mass is 819 g/mol. The molecule has 0 radical (unpaired) electrons. The Morgan fingerprint density at radius 3 is 1.56 bits per heavy atom. The highest BCUT2D eigenvalue weighted by atomic mass is 31.2. The number of nitrogens with two attached hydrogens (primary N) is 1. The number of allylic oxidation sites excluding steroid dienone is 11. The van der Waals surface area contributed by atoms with Crippen LogP contribution in [0.25, 0.3) is 0 Å². The van der Waals surface area contributed by atoms with Crippen LogP contribution >= 0.6 is 7.82 Å². The number of hydrogen-bond donors (Lipinski definition) is 4. The number of phosphoric acid groups is 1. The standard InChI is InChI=1S/C48H87N2O6P/c1-3-5-7-9-11-13-15-17-19-21-22-23-24-26-27-29-31-33-35-37-39-41-47(51)46(45-56-57(53,54)55-44-43-49)50-48(52)42-40-38-36-34-32-30-28-25-20-18-16-14-12-10-8-6-4-2/h6,8,12,14,18,20,24,26,31,33,39,41,46-47,51H,3-5,7,9-11,13,15-17,19,21-23,25,27-30,32,34-38,40,42-45,49H2,1-2H3,(H,50,52)(H,53,54)/b8-6-,14-12-,20-18-,26-24+,33-31+,41-39+. The van der Waals surface area contributed by atoms with Gasteiger partial charge in [-0.1, -0.05) is 183 Å². The van der Waals surface area contributed by atoms with Crippen molar-refractivity contribution in [2.75, 3.05) is 19.8 Å². The Labute approximate surface area is 350 Å². The van der Waals surface area contributed by atoms with Crippen LogP contribution in [-0.2, 0) is 18.4 Å². The summed E-state index contributed by atoms with van der Waals surface area (Å²) in [4.78, 5) is 22.7. The predicted molar refractivity (Wildman–Crippen MR) is 244 cm³/mol. The van der Waals surface area contributed by atoms with E-state index in [0.717, 1.165) is 77.0 Å². The Balaban J connectivity index is 4.28. The van der Waals surface area contributed by atoms with E-state index in [-0.39, 0.29) is 25.7 Å². The summed E-state index contributed by atoms with van der Waals surface area (Å²) in [6, 6.07) is -0.892. The number of nitrogens with one attached hydrogen (secondary N) is 1. The molecule has 0 aliphatic carbocycles. The van der Waals surface area contributed by atoms with Crippen LogP contribution in [0.15, 0.2) is 72.9 Å². The van der Waals surface area contributed by atoms with Crippen molar-refractivity contribution in [3.8, 4) is 0 Å². The Morgan fingerprint density at radius 2 is 1.04 bits per heavy atom. The fraction of sp³-hybridized carbons (Fsp3) is 0.729. The fourth-order valence-electron chi connectivity index (χ4n) is 6.30. The van der Waals surface area contributed by atoms with E-state index in [1.54, 1.807) is 6.08 Å². The molecule has 3 atom stereocenters. The summed E-state index contributed by atoms with van der Waals surface area (Å²) in [5.41, 5.74) is 5.38. The van der Waals surface area contributed by atoms with E-state index >= 15 is 0 Å². The molecule has 9 heteroatoms. The molecule has 0 saturated heterocycles. The summed E-state index contributed by atoms with van der Waals surface area (Å²) in [6.07, 6.45) is 56.7. The van der Waals surface area contributed by atoms with Crippen LogP contribution in [0.2, 0.25) is 0 Å². The van der Waals surface area contributed by atoms with Crippen LogP contribution in [0.3, 0.4) is 0 Å². The lowest BCUT2D eigenvalue weighted by atomic mass is 10.1. The fourth-order valence-corrected chi connectivity index (χ4v) is 7.05. The van der Waals surface area contributed by atoms with Gasteiger partial charge >= 0.3 is 7.82 Å². The third kappa shape index (κ3) is 41.9. The first-order valence-electron chi connectivity index (χ1n) is 23.1. The van der Waals surface area contributed by atoms with Crippen LogP contribution in [0.5, 0.6) is 0 Å². The van der Waals surface area contributed by atoms with Gasteiger partial charge in [0, 0.05) is 13.0 Å². The SMILES string of the molecule is CC/C=C\C/C=C\C/C=C\CCCCCCCCCC(=O)NC(COP(=O)(O)OCCN)C(O)/C=C/CC/C=C/CC/C=C/CCCCCCCCCCCCC. The maximum absolute atomic E-state index is 12.8. The first-order chi connectivity index (χ1) is 27.9. The van der Waals surface area contributed by atoms with Crippen molar-refractivity contribution in [2.45, 2.75) is 206 Å². The van der Waals surface area contributed by atoms with Gasteiger partial charge in [-0.15, -0.1) is 0 Å². The molecule has 0 aromatic rings. The number of hydrogen-bond acceptors (Lipinski definition) is 6. The lowest BCUT2D eigenvalue weighted by Gasteiger charge is -2.23. The minimum Gasteiger partial charge on any atom is -0.387 e. The normalized spacial score (nSPS) is 14.7. The molecule has 0 aliphatic heterocycles. The molecule has 0 rings (SSSR count). The van der Waals surface area contributed by atoms with Crippen LogP contribution in [0.4, 0.5) is 0 Å². The van der Waals surface area contributed by atoms with Gasteiger partial charge in [0.15, 0.2) is 0 Å². The number of phosphoric ester groups is 1. The minimum atomic E-state index is -4.36. The topological polar surface area (TPSA) is 131 Å². The Hall–Kier alpha value is -2.06. The van der Waals surface area contributed by atoms with Crippen molar-refractivity contribution < 1.29 is 28.4 Å². The Bertz CT molecular complexity index is 1120. The van der Waals surface area contributed by atoms with Gasteiger partial charge in [-0.25, -0.2) is 4.57 Å². The van der Waals surface area contributed by atoms with Gasteiger partial charge in [-0.2, -0.15) is 0 Å².